The van der Waals surface area contributed by atoms with Gasteiger partial charge >= 0.3 is 5.97 Å². The van der Waals surface area contributed by atoms with E-state index in [0.29, 0.717) is 11.1 Å². The van der Waals surface area contributed by atoms with Gasteiger partial charge in [0, 0.05) is 26.2 Å². The van der Waals surface area contributed by atoms with Gasteiger partial charge < -0.3 is 10.0 Å². The molecule has 0 fully saturated rings. The van der Waals surface area contributed by atoms with E-state index in [1.807, 2.05) is 50.5 Å². The third-order valence-electron chi connectivity index (χ3n) is 3.96. The monoisotopic (exact) mass is 337 g/mol. The Hall–Kier alpha value is -2.68. The Bertz CT molecular complexity index is 731. The second kappa shape index (κ2) is 8.97. The first kappa shape index (κ1) is 18.7. The van der Waals surface area contributed by atoms with E-state index in [1.54, 1.807) is 12.1 Å². The Morgan fingerprint density at radius 3 is 1.92 bits per heavy atom. The highest BCUT2D eigenvalue weighted by atomic mass is 16.4. The number of carbonyl (C=O) groups is 1. The average molecular weight is 337 g/mol. The molecule has 5 heteroatoms. The van der Waals surface area contributed by atoms with Gasteiger partial charge in [-0.2, -0.15) is 5.26 Å². The molecule has 0 heterocycles. The van der Waals surface area contributed by atoms with Crippen molar-refractivity contribution in [3.05, 3.63) is 70.8 Å². The van der Waals surface area contributed by atoms with Crippen molar-refractivity contribution in [2.75, 3.05) is 27.2 Å². The topological polar surface area (TPSA) is 67.6 Å². The smallest absolute Gasteiger partial charge is 0.335 e. The number of nitrogens with zero attached hydrogens (tertiary/aromatic N) is 3. The Labute approximate surface area is 148 Å². The Morgan fingerprint density at radius 2 is 1.48 bits per heavy atom. The molecule has 0 saturated heterocycles. The maximum atomic E-state index is 11.0. The van der Waals surface area contributed by atoms with Gasteiger partial charge in [-0.25, -0.2) is 4.79 Å². The lowest BCUT2D eigenvalue weighted by Gasteiger charge is -2.24. The van der Waals surface area contributed by atoms with Crippen LogP contribution in [0.5, 0.6) is 0 Å². The van der Waals surface area contributed by atoms with Crippen molar-refractivity contribution in [2.45, 2.75) is 13.1 Å². The van der Waals surface area contributed by atoms with Crippen molar-refractivity contribution in [1.29, 1.82) is 5.26 Å². The molecule has 0 aliphatic heterocycles. The molecule has 2 aromatic carbocycles. The maximum Gasteiger partial charge on any atom is 0.335 e. The number of hydrogen-bond acceptors (Lipinski definition) is 4. The van der Waals surface area contributed by atoms with E-state index in [9.17, 15) is 4.79 Å². The predicted molar refractivity (Wildman–Crippen MR) is 97.2 cm³/mol. The molecular weight excluding hydrogens is 314 g/mol. The van der Waals surface area contributed by atoms with Crippen molar-refractivity contribution in [3.63, 3.8) is 0 Å². The fourth-order valence-corrected chi connectivity index (χ4v) is 2.51. The highest BCUT2D eigenvalue weighted by Crippen LogP contribution is 2.12. The van der Waals surface area contributed by atoms with Gasteiger partial charge in [0.2, 0.25) is 0 Å². The van der Waals surface area contributed by atoms with Crippen LogP contribution in [0.25, 0.3) is 0 Å². The summed E-state index contributed by atoms with van der Waals surface area (Å²) in [7, 11) is 4.09. The van der Waals surface area contributed by atoms with Crippen LogP contribution in [-0.2, 0) is 13.1 Å². The van der Waals surface area contributed by atoms with Crippen molar-refractivity contribution >= 4 is 5.97 Å². The van der Waals surface area contributed by atoms with Crippen LogP contribution in [0.15, 0.2) is 48.5 Å². The number of nitriles is 1. The predicted octanol–water partition coefficient (Wildman–Crippen LogP) is 2.82. The summed E-state index contributed by atoms with van der Waals surface area (Å²) in [6, 6.07) is 16.8. The average Bonchev–Trinajstić information content (AvgIpc) is 2.60. The van der Waals surface area contributed by atoms with Gasteiger partial charge in [0.1, 0.15) is 0 Å². The zero-order valence-corrected chi connectivity index (χ0v) is 14.6. The molecule has 1 N–H and O–H groups in total. The molecule has 5 nitrogen and oxygen atoms in total. The number of carboxylic acid groups (broad SMARTS) is 1. The van der Waals surface area contributed by atoms with Crippen LogP contribution >= 0.6 is 0 Å². The summed E-state index contributed by atoms with van der Waals surface area (Å²) >= 11 is 0. The lowest BCUT2D eigenvalue weighted by Crippen LogP contribution is -2.31. The van der Waals surface area contributed by atoms with Gasteiger partial charge in [-0.15, -0.1) is 0 Å². The Kier molecular flexibility index (Phi) is 6.70. The summed E-state index contributed by atoms with van der Waals surface area (Å²) in [5.74, 6) is -0.909. The fourth-order valence-electron chi connectivity index (χ4n) is 2.51. The molecule has 0 radical (unpaired) electrons. The quantitative estimate of drug-likeness (QED) is 0.802. The molecule has 0 aliphatic carbocycles. The van der Waals surface area contributed by atoms with E-state index in [-0.39, 0.29) is 0 Å². The summed E-state index contributed by atoms with van der Waals surface area (Å²) in [6.07, 6.45) is 0. The van der Waals surface area contributed by atoms with E-state index < -0.39 is 5.97 Å². The van der Waals surface area contributed by atoms with Crippen LogP contribution in [0.4, 0.5) is 0 Å². The number of rotatable bonds is 8. The molecule has 0 bridgehead atoms. The third-order valence-corrected chi connectivity index (χ3v) is 3.96. The van der Waals surface area contributed by atoms with Crippen molar-refractivity contribution in [1.82, 2.24) is 9.80 Å². The molecule has 2 rings (SSSR count). The number of likely N-dealkylation sites (N-methyl/N-ethyl adjacent to an activating group) is 1. The molecule has 0 amide bonds. The van der Waals surface area contributed by atoms with E-state index in [0.717, 1.165) is 37.3 Å². The van der Waals surface area contributed by atoms with Crippen molar-refractivity contribution in [2.24, 2.45) is 0 Å². The standard InChI is InChI=1S/C20H23N3O2/c1-22(2)11-12-23(14-17-5-3-16(13-21)4-6-17)15-18-7-9-19(10-8-18)20(24)25/h3-10H,11-12,14-15H2,1-2H3,(H,24,25). The second-order valence-corrected chi connectivity index (χ2v) is 6.32. The van der Waals surface area contributed by atoms with Crippen LogP contribution in [0, 0.1) is 11.3 Å². The van der Waals surface area contributed by atoms with Gasteiger partial charge in [0.05, 0.1) is 17.2 Å². The minimum atomic E-state index is -0.909. The van der Waals surface area contributed by atoms with Crippen LogP contribution in [0.2, 0.25) is 0 Å². The SMILES string of the molecule is CN(C)CCN(Cc1ccc(C#N)cc1)Cc1ccc(C(=O)O)cc1. The molecule has 0 aromatic heterocycles. The molecule has 0 aliphatic rings. The zero-order valence-electron chi connectivity index (χ0n) is 14.6. The minimum absolute atomic E-state index is 0.302. The number of aromatic carboxylic acids is 1. The van der Waals surface area contributed by atoms with E-state index in [1.165, 1.54) is 0 Å². The summed E-state index contributed by atoms with van der Waals surface area (Å²) in [6.45, 7) is 3.35. The lowest BCUT2D eigenvalue weighted by molar-refractivity contribution is 0.0697. The van der Waals surface area contributed by atoms with Gasteiger partial charge in [-0.1, -0.05) is 24.3 Å². The largest absolute Gasteiger partial charge is 0.478 e. The van der Waals surface area contributed by atoms with Crippen molar-refractivity contribution in [3.8, 4) is 6.07 Å². The molecular formula is C20H23N3O2. The molecule has 130 valence electrons. The summed E-state index contributed by atoms with van der Waals surface area (Å²) in [5.41, 5.74) is 3.20. The zero-order chi connectivity index (χ0) is 18.2. The van der Waals surface area contributed by atoms with Crippen LogP contribution in [0.3, 0.4) is 0 Å². The molecule has 0 unspecified atom stereocenters. The van der Waals surface area contributed by atoms with Gasteiger partial charge in [0.25, 0.3) is 0 Å². The lowest BCUT2D eigenvalue weighted by atomic mass is 10.1. The van der Waals surface area contributed by atoms with Crippen LogP contribution in [-0.4, -0.2) is 48.1 Å². The number of benzene rings is 2. The summed E-state index contributed by atoms with van der Waals surface area (Å²) in [5, 5.41) is 17.9. The minimum Gasteiger partial charge on any atom is -0.478 e. The highest BCUT2D eigenvalue weighted by molar-refractivity contribution is 5.87. The molecule has 2 aromatic rings. The second-order valence-electron chi connectivity index (χ2n) is 6.32. The molecule has 0 spiro atoms. The van der Waals surface area contributed by atoms with Crippen LogP contribution < -0.4 is 0 Å². The molecule has 0 atom stereocenters. The van der Waals surface area contributed by atoms with E-state index in [2.05, 4.69) is 15.9 Å². The van der Waals surface area contributed by atoms with E-state index >= 15 is 0 Å². The molecule has 25 heavy (non-hydrogen) atoms. The van der Waals surface area contributed by atoms with Crippen molar-refractivity contribution < 1.29 is 9.90 Å². The first-order valence-corrected chi connectivity index (χ1v) is 8.16. The van der Waals surface area contributed by atoms with Gasteiger partial charge in [-0.3, -0.25) is 4.90 Å². The Balaban J connectivity index is 2.08. The Morgan fingerprint density at radius 1 is 0.960 bits per heavy atom. The summed E-state index contributed by atoms with van der Waals surface area (Å²) in [4.78, 5) is 15.4. The number of hydrogen-bond donors (Lipinski definition) is 1. The normalized spacial score (nSPS) is 10.8. The van der Waals surface area contributed by atoms with Gasteiger partial charge in [-0.05, 0) is 49.5 Å². The fraction of sp³-hybridized carbons (Fsp3) is 0.300. The molecule has 0 saturated carbocycles. The van der Waals surface area contributed by atoms with E-state index in [4.69, 9.17) is 10.4 Å². The van der Waals surface area contributed by atoms with Gasteiger partial charge in [0.15, 0.2) is 0 Å². The number of carboxylic acids is 1. The first-order chi connectivity index (χ1) is 12.0. The first-order valence-electron chi connectivity index (χ1n) is 8.16. The summed E-state index contributed by atoms with van der Waals surface area (Å²) < 4.78 is 0. The van der Waals surface area contributed by atoms with Crippen LogP contribution in [0.1, 0.15) is 27.0 Å². The third kappa shape index (κ3) is 6.03. The maximum absolute atomic E-state index is 11.0. The highest BCUT2D eigenvalue weighted by Gasteiger charge is 2.09.